The molecule has 1 saturated heterocycles. The van der Waals surface area contributed by atoms with Crippen LogP contribution in [0.15, 0.2) is 24.3 Å². The third-order valence-corrected chi connectivity index (χ3v) is 4.70. The highest BCUT2D eigenvalue weighted by molar-refractivity contribution is 7.11. The lowest BCUT2D eigenvalue weighted by atomic mass is 10.3. The van der Waals surface area contributed by atoms with Gasteiger partial charge in [-0.3, -0.25) is 9.30 Å². The Morgan fingerprint density at radius 1 is 1.14 bits per heavy atom. The highest BCUT2D eigenvalue weighted by Gasteiger charge is 2.22. The molecule has 4 rings (SSSR count). The van der Waals surface area contributed by atoms with E-state index in [0.29, 0.717) is 0 Å². The first kappa shape index (κ1) is 13.0. The second kappa shape index (κ2) is 5.25. The van der Waals surface area contributed by atoms with Gasteiger partial charge in [-0.25, -0.2) is 4.98 Å². The summed E-state index contributed by atoms with van der Waals surface area (Å²) < 4.78 is 6.75. The van der Waals surface area contributed by atoms with Crippen molar-refractivity contribution in [2.24, 2.45) is 0 Å². The van der Waals surface area contributed by atoms with E-state index in [1.165, 1.54) is 11.5 Å². The van der Waals surface area contributed by atoms with Crippen molar-refractivity contribution in [3.8, 4) is 0 Å². The predicted molar refractivity (Wildman–Crippen MR) is 84.1 cm³/mol. The first-order chi connectivity index (χ1) is 10.4. The minimum atomic E-state index is 0.229. The van der Waals surface area contributed by atoms with Gasteiger partial charge in [0.15, 0.2) is 0 Å². The van der Waals surface area contributed by atoms with Crippen LogP contribution in [0.25, 0.3) is 16.0 Å². The number of aliphatic hydroxyl groups excluding tert-OH is 1. The molecule has 0 atom stereocenters. The lowest BCUT2D eigenvalue weighted by molar-refractivity contribution is 0.188. The maximum Gasteiger partial charge on any atom is 0.223 e. The van der Waals surface area contributed by atoms with Crippen LogP contribution in [-0.2, 0) is 0 Å². The molecule has 1 fully saturated rings. The Morgan fingerprint density at radius 2 is 1.95 bits per heavy atom. The Labute approximate surface area is 126 Å². The molecule has 0 unspecified atom stereocenters. The standard InChI is InChI=1S/C14H17N5OS/c20-10-9-17-5-7-18(8-6-17)13-16-21-14-15-11-3-1-2-4-12(11)19(13)14/h1-4,20H,5-10H2. The molecule has 0 aliphatic carbocycles. The SMILES string of the molecule is OCCN1CCN(c2nsc3nc4ccccc4n23)CC1. The molecular weight excluding hydrogens is 286 g/mol. The molecule has 21 heavy (non-hydrogen) atoms. The fourth-order valence-electron chi connectivity index (χ4n) is 2.89. The Hall–Kier alpha value is -1.70. The second-order valence-electron chi connectivity index (χ2n) is 5.25. The molecule has 0 radical (unpaired) electrons. The van der Waals surface area contributed by atoms with Crippen molar-refractivity contribution >= 4 is 33.5 Å². The number of anilines is 1. The molecule has 1 aliphatic heterocycles. The summed E-state index contributed by atoms with van der Waals surface area (Å²) in [6.45, 7) is 4.79. The summed E-state index contributed by atoms with van der Waals surface area (Å²) in [4.78, 5) is 10.2. The van der Waals surface area contributed by atoms with Gasteiger partial charge < -0.3 is 10.0 Å². The summed E-state index contributed by atoms with van der Waals surface area (Å²) in [5.41, 5.74) is 2.14. The number of piperazine rings is 1. The maximum absolute atomic E-state index is 9.02. The largest absolute Gasteiger partial charge is 0.395 e. The number of β-amino-alcohol motifs (C(OH)–C–C–N with tert-alkyl or cyclic N) is 1. The van der Waals surface area contributed by atoms with Crippen LogP contribution < -0.4 is 4.90 Å². The van der Waals surface area contributed by atoms with E-state index in [9.17, 15) is 0 Å². The zero-order chi connectivity index (χ0) is 14.2. The Kier molecular flexibility index (Phi) is 3.25. The lowest BCUT2D eigenvalue weighted by Crippen LogP contribution is -2.47. The molecule has 2 aromatic heterocycles. The molecular formula is C14H17N5OS. The van der Waals surface area contributed by atoms with Crippen molar-refractivity contribution in [2.45, 2.75) is 0 Å². The summed E-state index contributed by atoms with van der Waals surface area (Å²) >= 11 is 1.45. The van der Waals surface area contributed by atoms with Crippen LogP contribution in [0.1, 0.15) is 0 Å². The third kappa shape index (κ3) is 2.17. The molecule has 1 aromatic carbocycles. The van der Waals surface area contributed by atoms with Crippen LogP contribution in [-0.4, -0.2) is 63.1 Å². The van der Waals surface area contributed by atoms with E-state index < -0.39 is 0 Å². The lowest BCUT2D eigenvalue weighted by Gasteiger charge is -2.34. The third-order valence-electron chi connectivity index (χ3n) is 4.01. The predicted octanol–water partition coefficient (Wildman–Crippen LogP) is 1.06. The van der Waals surface area contributed by atoms with E-state index in [4.69, 9.17) is 5.11 Å². The van der Waals surface area contributed by atoms with E-state index in [1.54, 1.807) is 0 Å². The number of fused-ring (bicyclic) bond motifs is 3. The second-order valence-corrected chi connectivity index (χ2v) is 5.98. The van der Waals surface area contributed by atoms with E-state index >= 15 is 0 Å². The van der Waals surface area contributed by atoms with Crippen LogP contribution in [0.5, 0.6) is 0 Å². The van der Waals surface area contributed by atoms with E-state index in [2.05, 4.69) is 29.6 Å². The number of aromatic nitrogens is 3. The van der Waals surface area contributed by atoms with Gasteiger partial charge in [0.2, 0.25) is 10.9 Å². The summed E-state index contributed by atoms with van der Waals surface area (Å²) in [5.74, 6) is 0.993. The fourth-order valence-corrected chi connectivity index (χ4v) is 3.65. The van der Waals surface area contributed by atoms with Gasteiger partial charge in [0, 0.05) is 44.3 Å². The minimum absolute atomic E-state index is 0.229. The average Bonchev–Trinajstić information content (AvgIpc) is 3.07. The summed E-state index contributed by atoms with van der Waals surface area (Å²) in [5, 5.41) is 9.02. The van der Waals surface area contributed by atoms with Crippen LogP contribution in [0.2, 0.25) is 0 Å². The topological polar surface area (TPSA) is 56.9 Å². The Bertz CT molecular complexity index is 759. The van der Waals surface area contributed by atoms with E-state index in [1.807, 2.05) is 18.2 Å². The van der Waals surface area contributed by atoms with Gasteiger partial charge in [-0.05, 0) is 12.1 Å². The van der Waals surface area contributed by atoms with Gasteiger partial charge in [0.05, 0.1) is 17.6 Å². The molecule has 3 aromatic rings. The number of imidazole rings is 1. The van der Waals surface area contributed by atoms with Crippen molar-refractivity contribution in [2.75, 3.05) is 44.2 Å². The van der Waals surface area contributed by atoms with Gasteiger partial charge >= 0.3 is 0 Å². The molecule has 0 saturated carbocycles. The number of hydrogen-bond donors (Lipinski definition) is 1. The van der Waals surface area contributed by atoms with Gasteiger partial charge in [-0.15, -0.1) is 0 Å². The first-order valence-corrected chi connectivity index (χ1v) is 7.95. The van der Waals surface area contributed by atoms with Crippen molar-refractivity contribution in [3.05, 3.63) is 24.3 Å². The van der Waals surface area contributed by atoms with Gasteiger partial charge in [-0.1, -0.05) is 12.1 Å². The molecule has 0 amide bonds. The number of para-hydroxylation sites is 2. The molecule has 7 heteroatoms. The van der Waals surface area contributed by atoms with Crippen LogP contribution in [0.4, 0.5) is 5.95 Å². The van der Waals surface area contributed by atoms with Crippen LogP contribution in [0.3, 0.4) is 0 Å². The van der Waals surface area contributed by atoms with Gasteiger partial charge in [-0.2, -0.15) is 4.37 Å². The molecule has 1 N–H and O–H groups in total. The number of nitrogens with zero attached hydrogens (tertiary/aromatic N) is 5. The number of benzene rings is 1. The smallest absolute Gasteiger partial charge is 0.223 e. The van der Waals surface area contributed by atoms with Crippen LogP contribution in [0, 0.1) is 0 Å². The summed E-state index contributed by atoms with van der Waals surface area (Å²) in [7, 11) is 0. The Morgan fingerprint density at radius 3 is 2.76 bits per heavy atom. The average molecular weight is 303 g/mol. The highest BCUT2D eigenvalue weighted by atomic mass is 32.1. The highest BCUT2D eigenvalue weighted by Crippen LogP contribution is 2.26. The van der Waals surface area contributed by atoms with Gasteiger partial charge in [0.1, 0.15) is 0 Å². The van der Waals surface area contributed by atoms with E-state index in [-0.39, 0.29) is 6.61 Å². The monoisotopic (exact) mass is 303 g/mol. The zero-order valence-electron chi connectivity index (χ0n) is 11.6. The van der Waals surface area contributed by atoms with Crippen LogP contribution >= 0.6 is 11.5 Å². The molecule has 110 valence electrons. The van der Waals surface area contributed by atoms with Crippen molar-refractivity contribution in [1.82, 2.24) is 18.7 Å². The molecule has 3 heterocycles. The molecule has 1 aliphatic rings. The number of rotatable bonds is 3. The Balaban J connectivity index is 1.68. The normalized spacial score (nSPS) is 17.1. The van der Waals surface area contributed by atoms with Gasteiger partial charge in [0.25, 0.3) is 0 Å². The summed E-state index contributed by atoms with van der Waals surface area (Å²) in [6, 6.07) is 8.19. The fraction of sp³-hybridized carbons (Fsp3) is 0.429. The summed E-state index contributed by atoms with van der Waals surface area (Å²) in [6.07, 6.45) is 0. The number of aliphatic hydroxyl groups is 1. The molecule has 0 spiro atoms. The van der Waals surface area contributed by atoms with Crippen molar-refractivity contribution in [1.29, 1.82) is 0 Å². The minimum Gasteiger partial charge on any atom is -0.395 e. The van der Waals surface area contributed by atoms with Crippen molar-refractivity contribution in [3.63, 3.8) is 0 Å². The zero-order valence-corrected chi connectivity index (χ0v) is 12.5. The van der Waals surface area contributed by atoms with E-state index in [0.717, 1.165) is 54.7 Å². The first-order valence-electron chi connectivity index (χ1n) is 7.18. The number of hydrogen-bond acceptors (Lipinski definition) is 6. The van der Waals surface area contributed by atoms with Crippen molar-refractivity contribution < 1.29 is 5.11 Å². The maximum atomic E-state index is 9.02. The molecule has 0 bridgehead atoms. The molecule has 6 nitrogen and oxygen atoms in total. The quantitative estimate of drug-likeness (QED) is 0.784.